The lowest BCUT2D eigenvalue weighted by molar-refractivity contribution is -0.121. The summed E-state index contributed by atoms with van der Waals surface area (Å²) in [4.78, 5) is 60.6. The molecule has 0 aromatic heterocycles. The summed E-state index contributed by atoms with van der Waals surface area (Å²) < 4.78 is 31.9. The zero-order valence-corrected chi connectivity index (χ0v) is 19.2. The van der Waals surface area contributed by atoms with Crippen molar-refractivity contribution in [2.75, 3.05) is 0 Å². The first-order valence-corrected chi connectivity index (χ1v) is 12.5. The minimum atomic E-state index is -4.88. The first-order chi connectivity index (χ1) is 14.7. The van der Waals surface area contributed by atoms with E-state index in [-0.39, 0.29) is 47.9 Å². The van der Waals surface area contributed by atoms with Crippen LogP contribution in [0.5, 0.6) is 11.5 Å². The highest BCUT2D eigenvalue weighted by Crippen LogP contribution is 2.41. The Morgan fingerprint density at radius 2 is 1.47 bits per heavy atom. The monoisotopic (exact) mass is 486 g/mol. The van der Waals surface area contributed by atoms with Gasteiger partial charge in [0.05, 0.1) is 0 Å². The summed E-state index contributed by atoms with van der Waals surface area (Å²) in [6.45, 7) is 2.99. The Morgan fingerprint density at radius 1 is 0.875 bits per heavy atom. The summed E-state index contributed by atoms with van der Waals surface area (Å²) in [7, 11) is -9.68. The number of rotatable bonds is 11. The zero-order chi connectivity index (χ0) is 24.1. The van der Waals surface area contributed by atoms with Crippen molar-refractivity contribution in [3.05, 3.63) is 59.2 Å². The highest BCUT2D eigenvalue weighted by Gasteiger charge is 2.24. The Hall–Kier alpha value is -2.32. The first kappa shape index (κ1) is 25.9. The van der Waals surface area contributed by atoms with Crippen molar-refractivity contribution in [3.63, 3.8) is 0 Å². The lowest BCUT2D eigenvalue weighted by Gasteiger charge is -2.17. The number of benzene rings is 2. The summed E-state index contributed by atoms with van der Waals surface area (Å²) >= 11 is 0. The second-order valence-corrected chi connectivity index (χ2v) is 9.67. The second kappa shape index (κ2) is 10.5. The molecule has 0 spiro atoms. The third kappa shape index (κ3) is 8.67. The molecule has 0 saturated carbocycles. The van der Waals surface area contributed by atoms with E-state index in [0.717, 1.165) is 0 Å². The fourth-order valence-electron chi connectivity index (χ4n) is 3.05. The van der Waals surface area contributed by atoms with Gasteiger partial charge in [-0.1, -0.05) is 37.3 Å². The van der Waals surface area contributed by atoms with Crippen LogP contribution in [0.1, 0.15) is 30.5 Å². The lowest BCUT2D eigenvalue weighted by Crippen LogP contribution is -2.17. The molecule has 0 aliphatic carbocycles. The van der Waals surface area contributed by atoms with Gasteiger partial charge < -0.3 is 9.05 Å². The summed E-state index contributed by atoms with van der Waals surface area (Å²) in [6, 6.07) is 10.5. The second-order valence-electron chi connectivity index (χ2n) is 7.34. The van der Waals surface area contributed by atoms with Crippen LogP contribution in [0.3, 0.4) is 0 Å². The molecule has 2 rings (SSSR count). The molecule has 10 nitrogen and oxygen atoms in total. The Bertz CT molecular complexity index is 1090. The maximum atomic E-state index is 12.8. The zero-order valence-electron chi connectivity index (χ0n) is 17.4. The molecule has 2 aromatic rings. The Morgan fingerprint density at radius 3 is 2.06 bits per heavy atom. The minimum absolute atomic E-state index is 0.0582. The molecule has 0 amide bonds. The summed E-state index contributed by atoms with van der Waals surface area (Å²) in [6.07, 6.45) is -0.0346. The van der Waals surface area contributed by atoms with Crippen LogP contribution >= 0.6 is 15.6 Å². The number of hydrogen-bond acceptors (Lipinski definition) is 6. The molecule has 12 heteroatoms. The van der Waals surface area contributed by atoms with Gasteiger partial charge in [-0.15, -0.1) is 0 Å². The smallest absolute Gasteiger partial charge is 0.404 e. The largest absolute Gasteiger partial charge is 0.524 e. The third-order valence-corrected chi connectivity index (χ3v) is 5.30. The highest BCUT2D eigenvalue weighted by molar-refractivity contribution is 7.47. The molecule has 2 aromatic carbocycles. The van der Waals surface area contributed by atoms with Crippen LogP contribution in [-0.2, 0) is 38.0 Å². The number of ketones is 2. The van der Waals surface area contributed by atoms with Gasteiger partial charge in [-0.3, -0.25) is 29.2 Å². The molecule has 0 radical (unpaired) electrons. The molecule has 0 aliphatic heterocycles. The van der Waals surface area contributed by atoms with Gasteiger partial charge in [0, 0.05) is 24.3 Å². The molecular formula is C20H24O10P2. The van der Waals surface area contributed by atoms with E-state index in [1.807, 2.05) is 0 Å². The van der Waals surface area contributed by atoms with Crippen LogP contribution in [-0.4, -0.2) is 31.1 Å². The average molecular weight is 486 g/mol. The van der Waals surface area contributed by atoms with Crippen LogP contribution < -0.4 is 9.05 Å². The topological polar surface area (TPSA) is 168 Å². The molecular weight excluding hydrogens is 462 g/mol. The Kier molecular flexibility index (Phi) is 8.54. The molecule has 32 heavy (non-hydrogen) atoms. The number of phosphoric acid groups is 2. The van der Waals surface area contributed by atoms with E-state index in [1.165, 1.54) is 37.3 Å². The van der Waals surface area contributed by atoms with Gasteiger partial charge in [-0.05, 0) is 36.6 Å². The molecule has 0 aliphatic rings. The van der Waals surface area contributed by atoms with Crippen molar-refractivity contribution in [2.45, 2.75) is 33.1 Å². The van der Waals surface area contributed by atoms with E-state index in [2.05, 4.69) is 4.52 Å². The fraction of sp³-hybridized carbons (Fsp3) is 0.300. The van der Waals surface area contributed by atoms with Crippen LogP contribution in [0.2, 0.25) is 0 Å². The van der Waals surface area contributed by atoms with Crippen molar-refractivity contribution in [1.29, 1.82) is 0 Å². The maximum Gasteiger partial charge on any atom is 0.524 e. The molecule has 1 unspecified atom stereocenters. The number of phosphoric ester groups is 2. The van der Waals surface area contributed by atoms with Crippen LogP contribution in [0, 0.1) is 5.92 Å². The minimum Gasteiger partial charge on any atom is -0.404 e. The summed E-state index contributed by atoms with van der Waals surface area (Å²) in [5.41, 5.74) is 1.16. The molecule has 1 atom stereocenters. The average Bonchev–Trinajstić information content (AvgIpc) is 2.62. The van der Waals surface area contributed by atoms with E-state index in [0.29, 0.717) is 11.1 Å². The molecule has 174 valence electrons. The van der Waals surface area contributed by atoms with Crippen molar-refractivity contribution in [2.24, 2.45) is 5.92 Å². The SMILES string of the molecule is CC(=O)Cc1ccc(CC(C)C(=O)Cc2ccccc2OP(=O)(O)O)c(OP(=O)(O)O)c1. The fourth-order valence-corrected chi connectivity index (χ4v) is 3.91. The van der Waals surface area contributed by atoms with Crippen molar-refractivity contribution in [3.8, 4) is 11.5 Å². The molecule has 0 bridgehead atoms. The number of hydrogen-bond donors (Lipinski definition) is 4. The van der Waals surface area contributed by atoms with Gasteiger partial charge in [0.25, 0.3) is 0 Å². The number of carbonyl (C=O) groups excluding carboxylic acids is 2. The third-order valence-electron chi connectivity index (χ3n) is 4.43. The summed E-state index contributed by atoms with van der Waals surface area (Å²) in [5.74, 6) is -1.29. The van der Waals surface area contributed by atoms with E-state index in [4.69, 9.17) is 14.3 Å². The van der Waals surface area contributed by atoms with Gasteiger partial charge in [-0.2, -0.15) is 0 Å². The van der Waals surface area contributed by atoms with E-state index in [9.17, 15) is 28.5 Å². The van der Waals surface area contributed by atoms with Gasteiger partial charge >= 0.3 is 15.6 Å². The number of Topliss-reactive ketones (excluding diaryl/α,β-unsaturated/α-hetero) is 2. The van der Waals surface area contributed by atoms with Gasteiger partial charge in [-0.25, -0.2) is 9.13 Å². The van der Waals surface area contributed by atoms with Crippen molar-refractivity contribution in [1.82, 2.24) is 0 Å². The van der Waals surface area contributed by atoms with Crippen LogP contribution in [0.4, 0.5) is 0 Å². The Labute approximate surface area is 184 Å². The first-order valence-electron chi connectivity index (χ1n) is 9.45. The molecule has 0 fully saturated rings. The predicted octanol–water partition coefficient (Wildman–Crippen LogP) is 2.75. The van der Waals surface area contributed by atoms with Crippen LogP contribution in [0.25, 0.3) is 0 Å². The maximum absolute atomic E-state index is 12.8. The predicted molar refractivity (Wildman–Crippen MR) is 114 cm³/mol. The lowest BCUT2D eigenvalue weighted by atomic mass is 9.92. The van der Waals surface area contributed by atoms with Gasteiger partial charge in [0.15, 0.2) is 0 Å². The van der Waals surface area contributed by atoms with E-state index in [1.54, 1.807) is 19.1 Å². The van der Waals surface area contributed by atoms with Crippen molar-refractivity contribution >= 4 is 27.2 Å². The highest BCUT2D eigenvalue weighted by atomic mass is 31.2. The van der Waals surface area contributed by atoms with Gasteiger partial charge in [0.1, 0.15) is 23.1 Å². The summed E-state index contributed by atoms with van der Waals surface area (Å²) in [5, 5.41) is 0. The normalized spacial score (nSPS) is 12.8. The Balaban J connectivity index is 2.22. The molecule has 0 saturated heterocycles. The quantitative estimate of drug-likeness (QED) is 0.347. The molecule has 0 heterocycles. The molecule has 4 N–H and O–H groups in total. The van der Waals surface area contributed by atoms with Crippen LogP contribution in [0.15, 0.2) is 42.5 Å². The number of para-hydroxylation sites is 1. The standard InChI is InChI=1S/C20H24O10P2/c1-13(18(22)12-16-5-3-4-6-19(16)29-31(23,24)25)9-17-8-7-15(10-14(2)21)11-20(17)30-32(26,27)28/h3-8,11,13H,9-10,12H2,1-2H3,(H2,23,24,25)(H2,26,27,28). The van der Waals surface area contributed by atoms with E-state index >= 15 is 0 Å². The van der Waals surface area contributed by atoms with Crippen molar-refractivity contribution < 1.29 is 47.3 Å². The van der Waals surface area contributed by atoms with Gasteiger partial charge in [0.2, 0.25) is 0 Å². The van der Waals surface area contributed by atoms with E-state index < -0.39 is 21.6 Å². The number of carbonyl (C=O) groups is 2.